The Balaban J connectivity index is 1.45. The van der Waals surface area contributed by atoms with E-state index in [9.17, 15) is 22.8 Å². The molecule has 7 nitrogen and oxygen atoms in total. The average molecular weight is 434 g/mol. The molecule has 0 spiro atoms. The van der Waals surface area contributed by atoms with Crippen LogP contribution < -0.4 is 15.5 Å². The number of carbonyl (C=O) groups is 2. The fourth-order valence-corrected chi connectivity index (χ4v) is 3.88. The molecule has 0 aromatic carbocycles. The van der Waals surface area contributed by atoms with Crippen molar-refractivity contribution in [3.8, 4) is 0 Å². The molecule has 2 heterocycles. The molecule has 3 rings (SSSR count). The van der Waals surface area contributed by atoms with E-state index in [2.05, 4.69) is 15.6 Å². The first kappa shape index (κ1) is 21.6. The fraction of sp³-hybridized carbons (Fsp3) is 0.611. The summed E-state index contributed by atoms with van der Waals surface area (Å²) < 4.78 is 38.2. The number of hydrogen-bond donors (Lipinski definition) is 2. The van der Waals surface area contributed by atoms with E-state index >= 15 is 0 Å². The third kappa shape index (κ3) is 5.96. The van der Waals surface area contributed by atoms with Crippen LogP contribution >= 0.6 is 11.6 Å². The van der Waals surface area contributed by atoms with Crippen LogP contribution in [-0.2, 0) is 11.0 Å². The molecular formula is C18H23ClF3N5O2. The van der Waals surface area contributed by atoms with Gasteiger partial charge in [-0.3, -0.25) is 15.0 Å². The van der Waals surface area contributed by atoms with Crippen LogP contribution in [0.4, 0.5) is 23.8 Å². The lowest BCUT2D eigenvalue weighted by molar-refractivity contribution is -0.137. The minimum absolute atomic E-state index is 0.0606. The topological polar surface area (TPSA) is 77.6 Å². The number of urea groups is 1. The van der Waals surface area contributed by atoms with E-state index in [-0.39, 0.29) is 23.5 Å². The van der Waals surface area contributed by atoms with Crippen molar-refractivity contribution in [3.63, 3.8) is 0 Å². The van der Waals surface area contributed by atoms with Crippen molar-refractivity contribution in [2.24, 2.45) is 0 Å². The van der Waals surface area contributed by atoms with E-state index in [0.29, 0.717) is 32.0 Å². The van der Waals surface area contributed by atoms with Crippen LogP contribution in [0.1, 0.15) is 31.2 Å². The van der Waals surface area contributed by atoms with E-state index in [1.165, 1.54) is 0 Å². The van der Waals surface area contributed by atoms with Crippen molar-refractivity contribution in [1.82, 2.24) is 20.5 Å². The van der Waals surface area contributed by atoms with Crippen LogP contribution in [-0.4, -0.2) is 60.6 Å². The number of piperazine rings is 1. The second-order valence-corrected chi connectivity index (χ2v) is 7.70. The SMILES string of the molecule is O=C(CN1CCN(c2ncc(C(F)(F)F)cc2Cl)CC1)NC(=O)NC1CCCC1. The van der Waals surface area contributed by atoms with E-state index in [1.807, 2.05) is 4.90 Å². The Morgan fingerprint density at radius 3 is 2.41 bits per heavy atom. The lowest BCUT2D eigenvalue weighted by Crippen LogP contribution is -2.52. The summed E-state index contributed by atoms with van der Waals surface area (Å²) in [5.74, 6) is -0.0978. The molecule has 2 N–H and O–H groups in total. The molecule has 1 aliphatic carbocycles. The molecule has 0 radical (unpaired) electrons. The molecule has 1 aromatic heterocycles. The van der Waals surface area contributed by atoms with E-state index in [0.717, 1.165) is 37.9 Å². The number of amides is 3. The Labute approximate surface area is 171 Å². The number of aromatic nitrogens is 1. The van der Waals surface area contributed by atoms with E-state index in [1.54, 1.807) is 4.90 Å². The Kier molecular flexibility index (Phi) is 6.84. The first-order valence-corrected chi connectivity index (χ1v) is 9.90. The monoisotopic (exact) mass is 433 g/mol. The van der Waals surface area contributed by atoms with Crippen molar-refractivity contribution < 1.29 is 22.8 Å². The number of pyridine rings is 1. The van der Waals surface area contributed by atoms with Gasteiger partial charge >= 0.3 is 12.2 Å². The summed E-state index contributed by atoms with van der Waals surface area (Å²) in [6.45, 7) is 1.98. The Bertz CT molecular complexity index is 748. The van der Waals surface area contributed by atoms with Crippen molar-refractivity contribution in [2.45, 2.75) is 37.9 Å². The van der Waals surface area contributed by atoms with Gasteiger partial charge in [-0.1, -0.05) is 24.4 Å². The normalized spacial score (nSPS) is 18.7. The van der Waals surface area contributed by atoms with Crippen molar-refractivity contribution in [3.05, 3.63) is 22.8 Å². The molecule has 1 aliphatic heterocycles. The number of halogens is 4. The summed E-state index contributed by atoms with van der Waals surface area (Å²) in [5.41, 5.74) is -0.891. The molecule has 1 saturated carbocycles. The number of nitrogens with one attached hydrogen (secondary N) is 2. The quantitative estimate of drug-likeness (QED) is 0.763. The van der Waals surface area contributed by atoms with E-state index in [4.69, 9.17) is 11.6 Å². The van der Waals surface area contributed by atoms with Gasteiger partial charge in [-0.2, -0.15) is 13.2 Å². The zero-order chi connectivity index (χ0) is 21.0. The number of hydrogen-bond acceptors (Lipinski definition) is 5. The molecule has 11 heteroatoms. The minimum atomic E-state index is -4.49. The summed E-state index contributed by atoms with van der Waals surface area (Å²) in [4.78, 5) is 31.4. The van der Waals surface area contributed by atoms with E-state index < -0.39 is 17.8 Å². The van der Waals surface area contributed by atoms with Gasteiger partial charge < -0.3 is 10.2 Å². The van der Waals surface area contributed by atoms with Gasteiger partial charge in [0.2, 0.25) is 5.91 Å². The van der Waals surface area contributed by atoms with Crippen molar-refractivity contribution in [2.75, 3.05) is 37.6 Å². The summed E-state index contributed by atoms with van der Waals surface area (Å²) in [6.07, 6.45) is 0.311. The lowest BCUT2D eigenvalue weighted by Gasteiger charge is -2.35. The maximum absolute atomic E-state index is 12.7. The molecule has 1 aromatic rings. The minimum Gasteiger partial charge on any atom is -0.353 e. The molecule has 2 aliphatic rings. The summed E-state index contributed by atoms with van der Waals surface area (Å²) in [7, 11) is 0. The van der Waals surface area contributed by atoms with Gasteiger partial charge in [-0.05, 0) is 18.9 Å². The Morgan fingerprint density at radius 2 is 1.83 bits per heavy atom. The average Bonchev–Trinajstić information content (AvgIpc) is 3.14. The van der Waals surface area contributed by atoms with Gasteiger partial charge in [0.25, 0.3) is 0 Å². The second kappa shape index (κ2) is 9.17. The highest BCUT2D eigenvalue weighted by atomic mass is 35.5. The fourth-order valence-electron chi connectivity index (χ4n) is 3.60. The molecule has 160 valence electrons. The predicted molar refractivity (Wildman–Crippen MR) is 102 cm³/mol. The number of imide groups is 1. The molecule has 1 saturated heterocycles. The first-order chi connectivity index (χ1) is 13.7. The molecule has 2 fully saturated rings. The number of anilines is 1. The number of carbonyl (C=O) groups excluding carboxylic acids is 2. The molecule has 29 heavy (non-hydrogen) atoms. The van der Waals surface area contributed by atoms with Crippen LogP contribution in [0.15, 0.2) is 12.3 Å². The first-order valence-electron chi connectivity index (χ1n) is 9.53. The van der Waals surface area contributed by atoms with Crippen molar-refractivity contribution in [1.29, 1.82) is 0 Å². The second-order valence-electron chi connectivity index (χ2n) is 7.29. The number of alkyl halides is 3. The molecule has 0 unspecified atom stereocenters. The van der Waals surface area contributed by atoms with Crippen LogP contribution in [0.3, 0.4) is 0 Å². The highest BCUT2D eigenvalue weighted by Crippen LogP contribution is 2.33. The smallest absolute Gasteiger partial charge is 0.353 e. The van der Waals surface area contributed by atoms with Gasteiger partial charge in [0.1, 0.15) is 5.82 Å². The summed E-state index contributed by atoms with van der Waals surface area (Å²) in [6, 6.07) is 0.528. The molecule has 3 amide bonds. The third-order valence-electron chi connectivity index (χ3n) is 5.13. The van der Waals surface area contributed by atoms with Gasteiger partial charge in [-0.15, -0.1) is 0 Å². The zero-order valence-corrected chi connectivity index (χ0v) is 16.5. The largest absolute Gasteiger partial charge is 0.417 e. The molecular weight excluding hydrogens is 411 g/mol. The molecule has 0 atom stereocenters. The number of rotatable bonds is 4. The standard InChI is InChI=1S/C18H23ClF3N5O2/c19-14-9-12(18(20,21)22)10-23-16(14)27-7-5-26(6-8-27)11-15(28)25-17(29)24-13-3-1-2-4-13/h9-10,13H,1-8,11H2,(H2,24,25,28,29). The van der Waals surface area contributed by atoms with Gasteiger partial charge in [-0.25, -0.2) is 9.78 Å². The predicted octanol–water partition coefficient (Wildman–Crippen LogP) is 2.64. The zero-order valence-electron chi connectivity index (χ0n) is 15.8. The van der Waals surface area contributed by atoms with Crippen LogP contribution in [0.2, 0.25) is 5.02 Å². The van der Waals surface area contributed by atoms with Crippen LogP contribution in [0.25, 0.3) is 0 Å². The number of nitrogens with zero attached hydrogens (tertiary/aromatic N) is 3. The molecule has 0 bridgehead atoms. The van der Waals surface area contributed by atoms with Crippen molar-refractivity contribution >= 4 is 29.4 Å². The van der Waals surface area contributed by atoms with Gasteiger partial charge in [0.15, 0.2) is 0 Å². The van der Waals surface area contributed by atoms with Gasteiger partial charge in [0.05, 0.1) is 17.1 Å². The maximum Gasteiger partial charge on any atom is 0.417 e. The lowest BCUT2D eigenvalue weighted by atomic mass is 10.2. The van der Waals surface area contributed by atoms with Crippen LogP contribution in [0.5, 0.6) is 0 Å². The summed E-state index contributed by atoms with van der Waals surface area (Å²) in [5, 5.41) is 5.08. The highest BCUT2D eigenvalue weighted by molar-refractivity contribution is 6.33. The third-order valence-corrected chi connectivity index (χ3v) is 5.41. The summed E-state index contributed by atoms with van der Waals surface area (Å²) >= 11 is 5.99. The Hall–Kier alpha value is -2.07. The van der Waals surface area contributed by atoms with Crippen LogP contribution in [0, 0.1) is 0 Å². The van der Waals surface area contributed by atoms with Gasteiger partial charge in [0, 0.05) is 38.4 Å². The highest BCUT2D eigenvalue weighted by Gasteiger charge is 2.32. The maximum atomic E-state index is 12.7. The Morgan fingerprint density at radius 1 is 1.17 bits per heavy atom.